The molecule has 2 atom stereocenters. The molecular formula is C46H49N9O6. The number of piperazine rings is 1. The number of aromatic nitrogens is 2. The zero-order valence-corrected chi connectivity index (χ0v) is 34.2. The summed E-state index contributed by atoms with van der Waals surface area (Å²) in [6.07, 6.45) is 8.99. The first-order valence-electron chi connectivity index (χ1n) is 21.4. The summed E-state index contributed by atoms with van der Waals surface area (Å²) in [5.41, 5.74) is 3.19. The minimum atomic E-state index is -0.979. The Labute approximate surface area is 354 Å². The van der Waals surface area contributed by atoms with Gasteiger partial charge in [-0.05, 0) is 106 Å². The van der Waals surface area contributed by atoms with Gasteiger partial charge in [-0.1, -0.05) is 6.07 Å². The second-order valence-corrected chi connectivity index (χ2v) is 17.0. The van der Waals surface area contributed by atoms with Crippen molar-refractivity contribution in [2.24, 2.45) is 5.92 Å². The number of benzene rings is 2. The highest BCUT2D eigenvalue weighted by molar-refractivity contribution is 6.23. The van der Waals surface area contributed by atoms with E-state index in [0.29, 0.717) is 33.8 Å². The molecule has 2 aromatic heterocycles. The van der Waals surface area contributed by atoms with E-state index in [1.807, 2.05) is 36.4 Å². The third-order valence-corrected chi connectivity index (χ3v) is 13.1. The molecule has 0 bridgehead atoms. The Morgan fingerprint density at radius 1 is 0.885 bits per heavy atom. The van der Waals surface area contributed by atoms with Crippen LogP contribution >= 0.6 is 0 Å². The predicted molar refractivity (Wildman–Crippen MR) is 228 cm³/mol. The Balaban J connectivity index is 0.713. The van der Waals surface area contributed by atoms with E-state index in [9.17, 15) is 24.0 Å². The quantitative estimate of drug-likeness (QED) is 0.170. The van der Waals surface area contributed by atoms with Gasteiger partial charge in [-0.15, -0.1) is 0 Å². The van der Waals surface area contributed by atoms with Crippen LogP contribution in [0, 0.1) is 12.5 Å². The lowest BCUT2D eigenvalue weighted by molar-refractivity contribution is -0.136. The number of carbonyl (C=O) groups excluding carboxylic acids is 5. The lowest BCUT2D eigenvalue weighted by Crippen LogP contribution is -2.54. The van der Waals surface area contributed by atoms with E-state index in [4.69, 9.17) is 16.3 Å². The van der Waals surface area contributed by atoms with Crippen LogP contribution in [0.4, 0.5) is 17.2 Å². The molecule has 1 aliphatic carbocycles. The van der Waals surface area contributed by atoms with Crippen molar-refractivity contribution in [1.29, 1.82) is 0 Å². The zero-order chi connectivity index (χ0) is 42.2. The standard InChI is InChI=1S/C46H49N9O6/c1-28-26-54(32-8-11-34-36(24-32)46(60)55(45(34)59)38-13-16-41(56)51-44(38)58)23-22-53(28)27-29-17-20-52(21-18-29)40-15-5-30(25-49-40)43(57)50-31-6-9-33(10-7-31)61-39-14-12-37(47-2)42-35(39)4-3-19-48-42/h3-5,8,11-12,14-15,19,24-25,28-29,31,33,38H,6-7,9-10,13,16-18,20-23,26-27H2,1H3,(H,50,57)(H,51,56,58)/t28-,31?,33?,38?/m1/s1. The molecule has 6 heterocycles. The normalized spacial score (nSPS) is 23.8. The third-order valence-electron chi connectivity index (χ3n) is 13.1. The summed E-state index contributed by atoms with van der Waals surface area (Å²) in [4.78, 5) is 84.7. The minimum absolute atomic E-state index is 0.0308. The Morgan fingerprint density at radius 3 is 2.43 bits per heavy atom. The van der Waals surface area contributed by atoms with Crippen LogP contribution in [-0.2, 0) is 9.59 Å². The van der Waals surface area contributed by atoms with Gasteiger partial charge in [-0.2, -0.15) is 0 Å². The molecule has 1 saturated carbocycles. The van der Waals surface area contributed by atoms with Crippen LogP contribution < -0.4 is 25.2 Å². The number of amides is 5. The lowest BCUT2D eigenvalue weighted by atomic mass is 9.92. The van der Waals surface area contributed by atoms with Crippen LogP contribution in [0.25, 0.3) is 15.7 Å². The molecule has 4 aliphatic heterocycles. The fraction of sp³-hybridized carbons (Fsp3) is 0.435. The summed E-state index contributed by atoms with van der Waals surface area (Å²) >= 11 is 0. The van der Waals surface area contributed by atoms with Crippen LogP contribution in [0.2, 0.25) is 0 Å². The van der Waals surface area contributed by atoms with Crippen LogP contribution in [0.1, 0.15) is 89.4 Å². The molecule has 1 unspecified atom stereocenters. The van der Waals surface area contributed by atoms with Crippen LogP contribution in [0.3, 0.4) is 0 Å². The maximum absolute atomic E-state index is 13.4. The van der Waals surface area contributed by atoms with Crippen molar-refractivity contribution in [3.63, 3.8) is 0 Å². The molecule has 9 rings (SSSR count). The van der Waals surface area contributed by atoms with E-state index in [1.54, 1.807) is 30.6 Å². The number of fused-ring (bicyclic) bond motifs is 2. The molecule has 314 valence electrons. The average molecular weight is 824 g/mol. The molecule has 4 aromatic rings. The largest absolute Gasteiger partial charge is 0.490 e. The molecule has 61 heavy (non-hydrogen) atoms. The molecule has 5 amide bonds. The zero-order valence-electron chi connectivity index (χ0n) is 34.2. The maximum Gasteiger partial charge on any atom is 0.262 e. The summed E-state index contributed by atoms with van der Waals surface area (Å²) in [6.45, 7) is 14.9. The molecular weight excluding hydrogens is 775 g/mol. The monoisotopic (exact) mass is 823 g/mol. The molecule has 15 heteroatoms. The number of pyridine rings is 2. The number of ether oxygens (including phenoxy) is 1. The number of anilines is 2. The first-order valence-corrected chi connectivity index (χ1v) is 21.4. The molecule has 3 saturated heterocycles. The highest BCUT2D eigenvalue weighted by Crippen LogP contribution is 2.35. The number of piperidine rings is 2. The molecule has 4 fully saturated rings. The van der Waals surface area contributed by atoms with Gasteiger partial charge in [0.15, 0.2) is 0 Å². The van der Waals surface area contributed by atoms with E-state index in [2.05, 4.69) is 42.1 Å². The highest BCUT2D eigenvalue weighted by atomic mass is 16.5. The van der Waals surface area contributed by atoms with Crippen molar-refractivity contribution >= 4 is 57.6 Å². The van der Waals surface area contributed by atoms with E-state index < -0.39 is 29.7 Å². The van der Waals surface area contributed by atoms with Gasteiger partial charge in [0.25, 0.3) is 17.7 Å². The maximum atomic E-state index is 13.4. The first-order chi connectivity index (χ1) is 29.6. The number of hydrogen-bond acceptors (Lipinski definition) is 11. The molecule has 5 aliphatic rings. The van der Waals surface area contributed by atoms with Gasteiger partial charge >= 0.3 is 0 Å². The Kier molecular flexibility index (Phi) is 11.1. The lowest BCUT2D eigenvalue weighted by Gasteiger charge is -2.43. The van der Waals surface area contributed by atoms with Crippen molar-refractivity contribution in [2.45, 2.75) is 82.5 Å². The summed E-state index contributed by atoms with van der Waals surface area (Å²) in [6, 6.07) is 15.9. The predicted octanol–water partition coefficient (Wildman–Crippen LogP) is 5.13. The van der Waals surface area contributed by atoms with E-state index in [1.165, 1.54) is 0 Å². The van der Waals surface area contributed by atoms with Gasteiger partial charge in [-0.25, -0.2) is 9.83 Å². The molecule has 15 nitrogen and oxygen atoms in total. The molecule has 2 N–H and O–H groups in total. The van der Waals surface area contributed by atoms with Crippen molar-refractivity contribution in [3.05, 3.63) is 95.1 Å². The van der Waals surface area contributed by atoms with Gasteiger partial charge in [0.1, 0.15) is 17.6 Å². The molecule has 0 spiro atoms. The van der Waals surface area contributed by atoms with Crippen LogP contribution in [-0.4, -0.2) is 113 Å². The van der Waals surface area contributed by atoms with Gasteiger partial charge in [0.2, 0.25) is 17.5 Å². The van der Waals surface area contributed by atoms with Gasteiger partial charge in [0, 0.05) is 81.2 Å². The fourth-order valence-corrected chi connectivity index (χ4v) is 9.64. The summed E-state index contributed by atoms with van der Waals surface area (Å²) in [5.74, 6) is 0.0831. The SMILES string of the molecule is [C-]#[N+]c1ccc(OC2CCC(NC(=O)c3ccc(N4CCC(CN5CCN(c6ccc7c(c6)C(=O)N(C6CCC(=O)NC6=O)C7=O)C[C@H]5C)CC4)nc3)CC2)c2cccnc12. The second kappa shape index (κ2) is 16.9. The summed E-state index contributed by atoms with van der Waals surface area (Å²) < 4.78 is 6.38. The number of nitrogens with zero attached hydrogens (tertiary/aromatic N) is 7. The smallest absolute Gasteiger partial charge is 0.262 e. The Morgan fingerprint density at radius 2 is 1.69 bits per heavy atom. The molecule has 2 aromatic carbocycles. The number of carbonyl (C=O) groups is 5. The van der Waals surface area contributed by atoms with Crippen molar-refractivity contribution in [2.75, 3.05) is 49.1 Å². The Bertz CT molecular complexity index is 2420. The van der Waals surface area contributed by atoms with E-state index >= 15 is 0 Å². The topological polar surface area (TPSA) is 162 Å². The number of nitrogens with one attached hydrogen (secondary N) is 2. The van der Waals surface area contributed by atoms with Crippen LogP contribution in [0.15, 0.2) is 67.0 Å². The third kappa shape index (κ3) is 8.12. The highest BCUT2D eigenvalue weighted by Gasteiger charge is 2.45. The fourth-order valence-electron chi connectivity index (χ4n) is 9.64. The summed E-state index contributed by atoms with van der Waals surface area (Å²) in [5, 5.41) is 6.29. The van der Waals surface area contributed by atoms with Gasteiger partial charge in [-0.3, -0.25) is 44.1 Å². The van der Waals surface area contributed by atoms with E-state index in [0.717, 1.165) is 105 Å². The van der Waals surface area contributed by atoms with Gasteiger partial charge < -0.3 is 19.9 Å². The number of rotatable bonds is 9. The Hall–Kier alpha value is -6.40. The molecule has 0 radical (unpaired) electrons. The van der Waals surface area contributed by atoms with Crippen molar-refractivity contribution < 1.29 is 28.7 Å². The van der Waals surface area contributed by atoms with E-state index in [-0.39, 0.29) is 36.9 Å². The van der Waals surface area contributed by atoms with Crippen molar-refractivity contribution in [3.8, 4) is 5.75 Å². The average Bonchev–Trinajstić information content (AvgIpc) is 3.53. The van der Waals surface area contributed by atoms with Gasteiger partial charge in [0.05, 0.1) is 34.9 Å². The van der Waals surface area contributed by atoms with Crippen LogP contribution in [0.5, 0.6) is 5.75 Å². The minimum Gasteiger partial charge on any atom is -0.490 e. The second-order valence-electron chi connectivity index (χ2n) is 17.0. The number of hydrogen-bond donors (Lipinski definition) is 2. The van der Waals surface area contributed by atoms with Crippen molar-refractivity contribution in [1.82, 2.24) is 30.4 Å². The summed E-state index contributed by atoms with van der Waals surface area (Å²) in [7, 11) is 0. The number of imide groups is 2. The first kappa shape index (κ1) is 40.0.